The van der Waals surface area contributed by atoms with Crippen LogP contribution in [0.4, 0.5) is 61.5 Å². The third-order valence-electron chi connectivity index (χ3n) is 3.13. The molecule has 0 atom stereocenters. The molecule has 0 aromatic rings. The van der Waals surface area contributed by atoms with Crippen LogP contribution in [0.15, 0.2) is 0 Å². The van der Waals surface area contributed by atoms with Crippen LogP contribution in [-0.4, -0.2) is 49.8 Å². The van der Waals surface area contributed by atoms with Crippen molar-refractivity contribution < 1.29 is 66.2 Å². The van der Waals surface area contributed by atoms with Crippen molar-refractivity contribution in [3.8, 4) is 0 Å². The molecule has 0 aliphatic rings. The second-order valence-electron chi connectivity index (χ2n) is 5.09. The monoisotopic (exact) mass is 424 g/mol. The van der Waals surface area contributed by atoms with E-state index in [-0.39, 0.29) is 0 Å². The fourth-order valence-corrected chi connectivity index (χ4v) is 1.81. The van der Waals surface area contributed by atoms with Gasteiger partial charge in [0.2, 0.25) is 5.92 Å². The van der Waals surface area contributed by atoms with Gasteiger partial charge in [-0.25, -0.2) is 0 Å². The van der Waals surface area contributed by atoms with Gasteiger partial charge in [-0.3, -0.25) is 0 Å². The van der Waals surface area contributed by atoms with Gasteiger partial charge in [0.15, 0.2) is 0 Å². The first-order valence-electron chi connectivity index (χ1n) is 6.31. The first-order chi connectivity index (χ1) is 11.2. The summed E-state index contributed by atoms with van der Waals surface area (Å²) >= 11 is 0. The van der Waals surface area contributed by atoms with Crippen LogP contribution in [0.3, 0.4) is 0 Å². The summed E-state index contributed by atoms with van der Waals surface area (Å²) < 4.78 is 183. The highest BCUT2D eigenvalue weighted by atomic mass is 19.4. The van der Waals surface area contributed by atoms with Gasteiger partial charge >= 0.3 is 36.0 Å². The minimum Gasteiger partial charge on any atom is -0.385 e. The topological polar surface area (TPSA) is 9.23 Å². The Morgan fingerprint density at radius 2 is 1.04 bits per heavy atom. The molecule has 0 aliphatic carbocycles. The van der Waals surface area contributed by atoms with Gasteiger partial charge in [-0.1, -0.05) is 0 Å². The molecule has 0 saturated carbocycles. The van der Waals surface area contributed by atoms with Crippen LogP contribution in [0.5, 0.6) is 0 Å². The highest BCUT2D eigenvalue weighted by molar-refractivity contribution is 5.08. The van der Waals surface area contributed by atoms with Crippen LogP contribution in [0.1, 0.15) is 12.8 Å². The lowest BCUT2D eigenvalue weighted by Crippen LogP contribution is -2.67. The first-order valence-corrected chi connectivity index (χ1v) is 6.31. The summed E-state index contributed by atoms with van der Waals surface area (Å²) in [5, 5.41) is 0. The Bertz CT molecular complexity index is 448. The lowest BCUT2D eigenvalue weighted by Gasteiger charge is -2.40. The van der Waals surface area contributed by atoms with Crippen molar-refractivity contribution in [1.29, 1.82) is 0 Å². The van der Waals surface area contributed by atoms with Gasteiger partial charge < -0.3 is 4.74 Å². The maximum absolute atomic E-state index is 13.3. The Labute approximate surface area is 136 Å². The molecule has 26 heavy (non-hydrogen) atoms. The summed E-state index contributed by atoms with van der Waals surface area (Å²) in [4.78, 5) is 0. The van der Waals surface area contributed by atoms with Crippen molar-refractivity contribution in [3.63, 3.8) is 0 Å². The number of hydrogen-bond donors (Lipinski definition) is 0. The molecular weight excluding hydrogens is 414 g/mol. The van der Waals surface area contributed by atoms with E-state index in [1.54, 1.807) is 0 Å². The number of alkyl halides is 14. The van der Waals surface area contributed by atoms with Gasteiger partial charge in [0.05, 0.1) is 0 Å². The van der Waals surface area contributed by atoms with E-state index in [0.717, 1.165) is 7.11 Å². The molecule has 0 fully saturated rings. The molecule has 0 rings (SSSR count). The molecule has 0 heterocycles. The number of rotatable bonds is 8. The Morgan fingerprint density at radius 3 is 1.35 bits per heavy atom. The normalized spacial score (nSPS) is 15.7. The molecule has 0 aliphatic heterocycles. The standard InChI is InChI=1S/C11H10F14O/c1-26-4-2-3-6(12,13)10(22,23)11(24,25)7(14,15)5(8(16,17)18)9(19,20)21/h5H,2-4H2,1H3. The summed E-state index contributed by atoms with van der Waals surface area (Å²) in [6.45, 7) is -0.749. The fourth-order valence-electron chi connectivity index (χ4n) is 1.81. The predicted octanol–water partition coefficient (Wildman–Crippen LogP) is 5.70. The van der Waals surface area contributed by atoms with E-state index in [1.165, 1.54) is 0 Å². The van der Waals surface area contributed by atoms with E-state index < -0.39 is 61.4 Å². The molecule has 0 unspecified atom stereocenters. The summed E-state index contributed by atoms with van der Waals surface area (Å²) in [6.07, 6.45) is -17.7. The first kappa shape index (κ1) is 25.0. The molecule has 0 aromatic carbocycles. The van der Waals surface area contributed by atoms with E-state index in [2.05, 4.69) is 4.74 Å². The molecule has 0 bridgehead atoms. The predicted molar refractivity (Wildman–Crippen MR) is 56.5 cm³/mol. The van der Waals surface area contributed by atoms with Crippen molar-refractivity contribution in [3.05, 3.63) is 0 Å². The maximum atomic E-state index is 13.3. The largest absolute Gasteiger partial charge is 0.406 e. The molecule has 0 N–H and O–H groups in total. The zero-order valence-corrected chi connectivity index (χ0v) is 12.4. The zero-order valence-electron chi connectivity index (χ0n) is 12.4. The molecule has 0 radical (unpaired) electrons. The molecule has 0 amide bonds. The smallest absolute Gasteiger partial charge is 0.385 e. The van der Waals surface area contributed by atoms with Crippen LogP contribution >= 0.6 is 0 Å². The molecular formula is C11H10F14O. The van der Waals surface area contributed by atoms with Gasteiger partial charge in [-0.05, 0) is 6.42 Å². The molecule has 0 aromatic heterocycles. The van der Waals surface area contributed by atoms with Crippen molar-refractivity contribution in [2.75, 3.05) is 13.7 Å². The summed E-state index contributed by atoms with van der Waals surface area (Å²) in [7, 11) is 0.857. The highest BCUT2D eigenvalue weighted by Crippen LogP contribution is 2.60. The van der Waals surface area contributed by atoms with E-state index in [1.807, 2.05) is 0 Å². The summed E-state index contributed by atoms with van der Waals surface area (Å²) in [6, 6.07) is 0. The van der Waals surface area contributed by atoms with Crippen LogP contribution in [-0.2, 0) is 4.74 Å². The molecule has 15 heteroatoms. The fraction of sp³-hybridized carbons (Fsp3) is 1.00. The van der Waals surface area contributed by atoms with Gasteiger partial charge in [-0.2, -0.15) is 61.5 Å². The van der Waals surface area contributed by atoms with Gasteiger partial charge in [-0.15, -0.1) is 0 Å². The second-order valence-corrected chi connectivity index (χ2v) is 5.09. The van der Waals surface area contributed by atoms with Gasteiger partial charge in [0.1, 0.15) is 0 Å². The van der Waals surface area contributed by atoms with E-state index in [9.17, 15) is 61.5 Å². The lowest BCUT2D eigenvalue weighted by molar-refractivity contribution is -0.423. The van der Waals surface area contributed by atoms with Crippen molar-refractivity contribution in [1.82, 2.24) is 0 Å². The van der Waals surface area contributed by atoms with E-state index >= 15 is 0 Å². The number of halogens is 14. The number of ether oxygens (including phenoxy) is 1. The van der Waals surface area contributed by atoms with E-state index in [4.69, 9.17) is 0 Å². The Morgan fingerprint density at radius 1 is 0.654 bits per heavy atom. The summed E-state index contributed by atoms with van der Waals surface area (Å²) in [5.74, 6) is -34.9. The third-order valence-corrected chi connectivity index (χ3v) is 3.13. The second kappa shape index (κ2) is 7.19. The van der Waals surface area contributed by atoms with Gasteiger partial charge in [0, 0.05) is 20.1 Å². The molecule has 1 nitrogen and oxygen atoms in total. The van der Waals surface area contributed by atoms with Crippen LogP contribution in [0.25, 0.3) is 0 Å². The lowest BCUT2D eigenvalue weighted by atomic mass is 9.87. The third kappa shape index (κ3) is 4.44. The SMILES string of the molecule is COCCCC(F)(F)C(F)(F)C(F)(F)C(F)(F)C(C(F)(F)F)C(F)(F)F. The molecule has 158 valence electrons. The van der Waals surface area contributed by atoms with Crippen molar-refractivity contribution in [2.45, 2.75) is 48.9 Å². The quantitative estimate of drug-likeness (QED) is 0.359. The van der Waals surface area contributed by atoms with Crippen LogP contribution in [0, 0.1) is 5.92 Å². The minimum absolute atomic E-state index is 0.749. The van der Waals surface area contributed by atoms with E-state index in [0.29, 0.717) is 0 Å². The minimum atomic E-state index is -7.69. The highest BCUT2D eigenvalue weighted by Gasteiger charge is 2.86. The number of methoxy groups -OCH3 is 1. The van der Waals surface area contributed by atoms with Crippen molar-refractivity contribution >= 4 is 0 Å². The summed E-state index contributed by atoms with van der Waals surface area (Å²) in [5.41, 5.74) is 0. The average Bonchev–Trinajstić information content (AvgIpc) is 2.33. The van der Waals surface area contributed by atoms with Crippen molar-refractivity contribution in [2.24, 2.45) is 5.92 Å². The average molecular weight is 424 g/mol. The maximum Gasteiger partial charge on any atom is 0.406 e. The Kier molecular flexibility index (Phi) is 6.90. The number of hydrogen-bond acceptors (Lipinski definition) is 1. The van der Waals surface area contributed by atoms with Gasteiger partial charge in [0.25, 0.3) is 0 Å². The Hall–Kier alpha value is -1.02. The zero-order chi connectivity index (χ0) is 21.4. The Balaban J connectivity index is 6.15. The van der Waals surface area contributed by atoms with Crippen LogP contribution in [0.2, 0.25) is 0 Å². The molecule has 0 saturated heterocycles. The van der Waals surface area contributed by atoms with Crippen LogP contribution < -0.4 is 0 Å². The molecule has 0 spiro atoms.